The maximum atomic E-state index is 12.0. The highest BCUT2D eigenvalue weighted by Gasteiger charge is 2.20. The molecule has 88 valence electrons. The van der Waals surface area contributed by atoms with E-state index in [4.69, 9.17) is 5.73 Å². The summed E-state index contributed by atoms with van der Waals surface area (Å²) in [4.78, 5) is 12.0. The largest absolute Gasteiger partial charge is 0.330 e. The molecule has 0 radical (unpaired) electrons. The van der Waals surface area contributed by atoms with E-state index in [9.17, 15) is 4.79 Å². The average Bonchev–Trinajstić information content (AvgIpc) is 2.17. The number of Topliss-reactive ketones (excluding diaryl/α,β-unsaturated/α-hetero) is 1. The van der Waals surface area contributed by atoms with Crippen LogP contribution >= 0.6 is 0 Å². The molecule has 0 aromatic heterocycles. The van der Waals surface area contributed by atoms with Gasteiger partial charge < -0.3 is 5.73 Å². The van der Waals surface area contributed by atoms with Crippen LogP contribution in [0.15, 0.2) is 24.3 Å². The smallest absolute Gasteiger partial charge is 0.141 e. The van der Waals surface area contributed by atoms with Crippen molar-refractivity contribution in [3.8, 4) is 0 Å². The SMILES string of the molecule is Cc1cccc(CC(=O)C(CN)C(C)C)c1. The van der Waals surface area contributed by atoms with Gasteiger partial charge in [-0.2, -0.15) is 0 Å². The van der Waals surface area contributed by atoms with Crippen molar-refractivity contribution in [3.63, 3.8) is 0 Å². The van der Waals surface area contributed by atoms with Crippen LogP contribution in [-0.4, -0.2) is 12.3 Å². The lowest BCUT2D eigenvalue weighted by Crippen LogP contribution is -2.29. The van der Waals surface area contributed by atoms with Gasteiger partial charge in [0.05, 0.1) is 0 Å². The van der Waals surface area contributed by atoms with E-state index in [1.54, 1.807) is 0 Å². The average molecular weight is 219 g/mol. The van der Waals surface area contributed by atoms with Gasteiger partial charge >= 0.3 is 0 Å². The van der Waals surface area contributed by atoms with Crippen LogP contribution < -0.4 is 5.73 Å². The fourth-order valence-electron chi connectivity index (χ4n) is 1.93. The molecule has 1 aromatic rings. The normalized spacial score (nSPS) is 12.8. The van der Waals surface area contributed by atoms with Crippen molar-refractivity contribution in [3.05, 3.63) is 35.4 Å². The Morgan fingerprint density at radius 1 is 1.38 bits per heavy atom. The number of hydrogen-bond acceptors (Lipinski definition) is 2. The Morgan fingerprint density at radius 3 is 2.56 bits per heavy atom. The number of carbonyl (C=O) groups excluding carboxylic acids is 1. The Kier molecular flexibility index (Phi) is 4.69. The van der Waals surface area contributed by atoms with Crippen molar-refractivity contribution >= 4 is 5.78 Å². The second-order valence-electron chi connectivity index (χ2n) is 4.72. The lowest BCUT2D eigenvalue weighted by molar-refractivity contribution is -0.123. The molecule has 0 bridgehead atoms. The Bertz CT molecular complexity index is 358. The monoisotopic (exact) mass is 219 g/mol. The summed E-state index contributed by atoms with van der Waals surface area (Å²) < 4.78 is 0. The van der Waals surface area contributed by atoms with Crippen LogP contribution in [-0.2, 0) is 11.2 Å². The third-order valence-corrected chi connectivity index (χ3v) is 2.93. The molecule has 0 saturated heterocycles. The zero-order valence-electron chi connectivity index (χ0n) is 10.4. The minimum atomic E-state index is -0.0134. The van der Waals surface area contributed by atoms with Gasteiger partial charge in [0.15, 0.2) is 0 Å². The summed E-state index contributed by atoms with van der Waals surface area (Å²) >= 11 is 0. The van der Waals surface area contributed by atoms with E-state index in [0.29, 0.717) is 18.9 Å². The number of rotatable bonds is 5. The van der Waals surface area contributed by atoms with Crippen LogP contribution in [0.1, 0.15) is 25.0 Å². The molecule has 0 aliphatic carbocycles. The molecule has 0 amide bonds. The lowest BCUT2D eigenvalue weighted by atomic mass is 9.88. The number of nitrogens with two attached hydrogens (primary N) is 1. The van der Waals surface area contributed by atoms with Gasteiger partial charge in [-0.25, -0.2) is 0 Å². The fourth-order valence-corrected chi connectivity index (χ4v) is 1.93. The topological polar surface area (TPSA) is 43.1 Å². The van der Waals surface area contributed by atoms with Gasteiger partial charge in [0.1, 0.15) is 5.78 Å². The molecule has 1 atom stereocenters. The summed E-state index contributed by atoms with van der Waals surface area (Å²) in [5.74, 6) is 0.561. The summed E-state index contributed by atoms with van der Waals surface area (Å²) in [5, 5.41) is 0. The zero-order chi connectivity index (χ0) is 12.1. The Balaban J connectivity index is 2.70. The van der Waals surface area contributed by atoms with Crippen molar-refractivity contribution in [2.75, 3.05) is 6.54 Å². The molecule has 0 heterocycles. The molecule has 16 heavy (non-hydrogen) atoms. The van der Waals surface area contributed by atoms with Crippen LogP contribution in [0.2, 0.25) is 0 Å². The van der Waals surface area contributed by atoms with Crippen molar-refractivity contribution in [1.29, 1.82) is 0 Å². The van der Waals surface area contributed by atoms with E-state index in [2.05, 4.69) is 6.07 Å². The molecule has 1 aromatic carbocycles. The Morgan fingerprint density at radius 2 is 2.06 bits per heavy atom. The third-order valence-electron chi connectivity index (χ3n) is 2.93. The van der Waals surface area contributed by atoms with Gasteiger partial charge in [-0.05, 0) is 18.4 Å². The summed E-state index contributed by atoms with van der Waals surface area (Å²) in [6.07, 6.45) is 0.502. The highest BCUT2D eigenvalue weighted by Crippen LogP contribution is 2.14. The number of benzene rings is 1. The quantitative estimate of drug-likeness (QED) is 0.826. The molecular formula is C14H21NO. The predicted molar refractivity (Wildman–Crippen MR) is 67.3 cm³/mol. The van der Waals surface area contributed by atoms with E-state index in [1.807, 2.05) is 39.0 Å². The summed E-state index contributed by atoms with van der Waals surface area (Å²) in [6, 6.07) is 8.09. The van der Waals surface area contributed by atoms with Gasteiger partial charge in [0, 0.05) is 18.9 Å². The molecule has 2 heteroatoms. The second-order valence-corrected chi connectivity index (χ2v) is 4.72. The molecule has 0 aliphatic heterocycles. The first-order valence-corrected chi connectivity index (χ1v) is 5.83. The first-order chi connectivity index (χ1) is 7.54. The van der Waals surface area contributed by atoms with Crippen LogP contribution in [0.25, 0.3) is 0 Å². The Labute approximate surface area is 97.9 Å². The van der Waals surface area contributed by atoms with E-state index in [-0.39, 0.29) is 11.7 Å². The van der Waals surface area contributed by atoms with Crippen LogP contribution in [0.4, 0.5) is 0 Å². The van der Waals surface area contributed by atoms with Gasteiger partial charge in [0.2, 0.25) is 0 Å². The molecule has 0 fully saturated rings. The van der Waals surface area contributed by atoms with Crippen molar-refractivity contribution < 1.29 is 4.79 Å². The molecular weight excluding hydrogens is 198 g/mol. The minimum absolute atomic E-state index is 0.0134. The molecule has 2 nitrogen and oxygen atoms in total. The number of aryl methyl sites for hydroxylation is 1. The van der Waals surface area contributed by atoms with E-state index in [0.717, 1.165) is 5.56 Å². The van der Waals surface area contributed by atoms with E-state index in [1.165, 1.54) is 5.56 Å². The third kappa shape index (κ3) is 3.46. The molecule has 1 unspecified atom stereocenters. The fraction of sp³-hybridized carbons (Fsp3) is 0.500. The molecule has 2 N–H and O–H groups in total. The molecule has 0 aliphatic rings. The highest BCUT2D eigenvalue weighted by atomic mass is 16.1. The number of hydrogen-bond donors (Lipinski definition) is 1. The van der Waals surface area contributed by atoms with Crippen LogP contribution in [0, 0.1) is 18.8 Å². The van der Waals surface area contributed by atoms with Crippen LogP contribution in [0.3, 0.4) is 0 Å². The van der Waals surface area contributed by atoms with Crippen LogP contribution in [0.5, 0.6) is 0 Å². The molecule has 0 spiro atoms. The minimum Gasteiger partial charge on any atom is -0.330 e. The van der Waals surface area contributed by atoms with Crippen molar-refractivity contribution in [2.45, 2.75) is 27.2 Å². The summed E-state index contributed by atoms with van der Waals surface area (Å²) in [7, 11) is 0. The Hall–Kier alpha value is -1.15. The number of ketones is 1. The number of carbonyl (C=O) groups is 1. The summed E-state index contributed by atoms with van der Waals surface area (Å²) in [6.45, 7) is 6.58. The van der Waals surface area contributed by atoms with E-state index >= 15 is 0 Å². The standard InChI is InChI=1S/C14H21NO/c1-10(2)13(9-15)14(16)8-12-6-4-5-11(3)7-12/h4-7,10,13H,8-9,15H2,1-3H3. The van der Waals surface area contributed by atoms with Gasteiger partial charge in [-0.15, -0.1) is 0 Å². The van der Waals surface area contributed by atoms with E-state index < -0.39 is 0 Å². The first kappa shape index (κ1) is 12.9. The van der Waals surface area contributed by atoms with Gasteiger partial charge in [0.25, 0.3) is 0 Å². The maximum Gasteiger partial charge on any atom is 0.141 e. The summed E-state index contributed by atoms with van der Waals surface area (Å²) in [5.41, 5.74) is 7.92. The van der Waals surface area contributed by atoms with Gasteiger partial charge in [-0.1, -0.05) is 43.7 Å². The zero-order valence-corrected chi connectivity index (χ0v) is 10.4. The lowest BCUT2D eigenvalue weighted by Gasteiger charge is -2.17. The highest BCUT2D eigenvalue weighted by molar-refractivity contribution is 5.83. The van der Waals surface area contributed by atoms with Gasteiger partial charge in [-0.3, -0.25) is 4.79 Å². The maximum absolute atomic E-state index is 12.0. The van der Waals surface area contributed by atoms with Crippen molar-refractivity contribution in [2.24, 2.45) is 17.6 Å². The second kappa shape index (κ2) is 5.80. The van der Waals surface area contributed by atoms with Crippen molar-refractivity contribution in [1.82, 2.24) is 0 Å². The predicted octanol–water partition coefficient (Wildman–Crippen LogP) is 2.34. The molecule has 1 rings (SSSR count). The first-order valence-electron chi connectivity index (χ1n) is 5.83. The molecule has 0 saturated carbocycles.